The fourth-order valence-corrected chi connectivity index (χ4v) is 2.82. The predicted octanol–water partition coefficient (Wildman–Crippen LogP) is 2.30. The molecule has 0 spiro atoms. The quantitative estimate of drug-likeness (QED) is 0.378. The summed E-state index contributed by atoms with van der Waals surface area (Å²) in [6, 6.07) is 8.48. The maximum Gasteiger partial charge on any atom is 0.337 e. The number of carbonyl (C=O) groups is 3. The van der Waals surface area contributed by atoms with E-state index < -0.39 is 17.8 Å². The van der Waals surface area contributed by atoms with Crippen molar-refractivity contribution in [3.05, 3.63) is 52.8 Å². The van der Waals surface area contributed by atoms with Gasteiger partial charge in [0.2, 0.25) is 0 Å². The number of hydrogen-bond acceptors (Lipinski definition) is 6. The molecule has 8 heteroatoms. The van der Waals surface area contributed by atoms with E-state index in [1.165, 1.54) is 25.1 Å². The van der Waals surface area contributed by atoms with Gasteiger partial charge in [-0.25, -0.2) is 4.79 Å². The molecule has 1 N–H and O–H groups in total. The van der Waals surface area contributed by atoms with Gasteiger partial charge in [0.15, 0.2) is 5.11 Å². The number of thiocarbonyl (C=S) groups is 1. The molecule has 138 valence electrons. The Morgan fingerprint density at radius 2 is 2.00 bits per heavy atom. The Hall–Kier alpha value is -3.26. The molecule has 1 saturated heterocycles. The molecule has 0 unspecified atom stereocenters. The van der Waals surface area contributed by atoms with E-state index in [1.807, 2.05) is 6.92 Å². The summed E-state index contributed by atoms with van der Waals surface area (Å²) in [7, 11) is 2.81. The molecule has 1 fully saturated rings. The molecule has 27 heavy (non-hydrogen) atoms. The van der Waals surface area contributed by atoms with Gasteiger partial charge >= 0.3 is 5.97 Å². The fourth-order valence-electron chi connectivity index (χ4n) is 2.65. The third-order valence-corrected chi connectivity index (χ3v) is 4.51. The SMILES string of the molecule is COC(=O)c1ccc(-c2ccc(/C=C3/C(=O)NC(=S)N(C)C3=O)o2)c(C)c1. The van der Waals surface area contributed by atoms with Crippen LogP contribution in [0.4, 0.5) is 0 Å². The lowest BCUT2D eigenvalue weighted by Crippen LogP contribution is -2.52. The van der Waals surface area contributed by atoms with Gasteiger partial charge in [-0.2, -0.15) is 0 Å². The van der Waals surface area contributed by atoms with Crippen molar-refractivity contribution in [2.24, 2.45) is 0 Å². The lowest BCUT2D eigenvalue weighted by Gasteiger charge is -2.24. The molecule has 1 aliphatic rings. The number of amides is 2. The van der Waals surface area contributed by atoms with Crippen molar-refractivity contribution in [2.75, 3.05) is 14.2 Å². The van der Waals surface area contributed by atoms with Crippen molar-refractivity contribution < 1.29 is 23.5 Å². The number of furan rings is 1. The largest absolute Gasteiger partial charge is 0.465 e. The highest BCUT2D eigenvalue weighted by atomic mass is 32.1. The van der Waals surface area contributed by atoms with Crippen LogP contribution in [0.2, 0.25) is 0 Å². The second-order valence-corrected chi connectivity index (χ2v) is 6.29. The van der Waals surface area contributed by atoms with Crippen LogP contribution in [0.1, 0.15) is 21.7 Å². The van der Waals surface area contributed by atoms with Crippen molar-refractivity contribution in [3.8, 4) is 11.3 Å². The molecular weight excluding hydrogens is 368 g/mol. The molecule has 2 amide bonds. The Morgan fingerprint density at radius 3 is 2.67 bits per heavy atom. The molecule has 3 rings (SSSR count). The highest BCUT2D eigenvalue weighted by molar-refractivity contribution is 7.80. The van der Waals surface area contributed by atoms with E-state index in [9.17, 15) is 14.4 Å². The van der Waals surface area contributed by atoms with Crippen LogP contribution < -0.4 is 5.32 Å². The van der Waals surface area contributed by atoms with Crippen LogP contribution in [0.15, 0.2) is 40.3 Å². The van der Waals surface area contributed by atoms with Gasteiger partial charge in [-0.05, 0) is 55.0 Å². The average Bonchev–Trinajstić information content (AvgIpc) is 3.11. The molecule has 1 aromatic heterocycles. The van der Waals surface area contributed by atoms with Gasteiger partial charge in [0.1, 0.15) is 17.1 Å². The second kappa shape index (κ2) is 7.16. The summed E-state index contributed by atoms with van der Waals surface area (Å²) in [5, 5.41) is 2.50. The minimum Gasteiger partial charge on any atom is -0.465 e. The van der Waals surface area contributed by atoms with E-state index in [0.29, 0.717) is 17.1 Å². The first kappa shape index (κ1) is 18.5. The van der Waals surface area contributed by atoms with Crippen molar-refractivity contribution >= 4 is 41.2 Å². The van der Waals surface area contributed by atoms with Crippen molar-refractivity contribution in [1.82, 2.24) is 10.2 Å². The van der Waals surface area contributed by atoms with Crippen molar-refractivity contribution in [1.29, 1.82) is 0 Å². The first-order valence-corrected chi connectivity index (χ1v) is 8.37. The number of benzene rings is 1. The van der Waals surface area contributed by atoms with Crippen LogP contribution in [0.3, 0.4) is 0 Å². The van der Waals surface area contributed by atoms with Crippen molar-refractivity contribution in [3.63, 3.8) is 0 Å². The number of carbonyl (C=O) groups excluding carboxylic acids is 3. The summed E-state index contributed by atoms with van der Waals surface area (Å²) >= 11 is 4.91. The molecule has 2 heterocycles. The van der Waals surface area contributed by atoms with E-state index in [2.05, 4.69) is 5.32 Å². The third-order valence-electron chi connectivity index (χ3n) is 4.13. The third kappa shape index (κ3) is 3.52. The molecule has 0 atom stereocenters. The highest BCUT2D eigenvalue weighted by Gasteiger charge is 2.31. The first-order valence-electron chi connectivity index (χ1n) is 7.96. The van der Waals surface area contributed by atoms with Gasteiger partial charge < -0.3 is 9.15 Å². The number of hydrogen-bond donors (Lipinski definition) is 1. The Kier molecular flexibility index (Phi) is 4.91. The lowest BCUT2D eigenvalue weighted by molar-refractivity contribution is -0.128. The molecule has 0 aliphatic carbocycles. The minimum absolute atomic E-state index is 0.0589. The van der Waals surface area contributed by atoms with Crippen LogP contribution in [-0.2, 0) is 14.3 Å². The molecule has 1 aromatic carbocycles. The number of rotatable bonds is 3. The van der Waals surface area contributed by atoms with E-state index in [-0.39, 0.29) is 10.7 Å². The van der Waals surface area contributed by atoms with Crippen LogP contribution in [0.25, 0.3) is 17.4 Å². The van der Waals surface area contributed by atoms with Gasteiger partial charge in [0.05, 0.1) is 12.7 Å². The predicted molar refractivity (Wildman–Crippen MR) is 102 cm³/mol. The Morgan fingerprint density at radius 1 is 1.26 bits per heavy atom. The molecule has 0 radical (unpaired) electrons. The summed E-state index contributed by atoms with van der Waals surface area (Å²) in [6.07, 6.45) is 1.37. The van der Waals surface area contributed by atoms with E-state index in [1.54, 1.807) is 30.3 Å². The Bertz CT molecular complexity index is 1010. The average molecular weight is 384 g/mol. The number of esters is 1. The number of aryl methyl sites for hydroxylation is 1. The normalized spacial score (nSPS) is 15.9. The first-order chi connectivity index (χ1) is 12.8. The topological polar surface area (TPSA) is 88.9 Å². The minimum atomic E-state index is -0.570. The van der Waals surface area contributed by atoms with E-state index >= 15 is 0 Å². The molecule has 7 nitrogen and oxygen atoms in total. The number of nitrogens with one attached hydrogen (secondary N) is 1. The summed E-state index contributed by atoms with van der Waals surface area (Å²) in [6.45, 7) is 1.84. The van der Waals surface area contributed by atoms with Crippen molar-refractivity contribution in [2.45, 2.75) is 6.92 Å². The van der Waals surface area contributed by atoms with Gasteiger partial charge in [-0.1, -0.05) is 6.07 Å². The fraction of sp³-hybridized carbons (Fsp3) is 0.158. The number of ether oxygens (including phenoxy) is 1. The Balaban J connectivity index is 1.91. The summed E-state index contributed by atoms with van der Waals surface area (Å²) in [5.74, 6) is -0.595. The van der Waals surface area contributed by atoms with Crippen LogP contribution >= 0.6 is 12.2 Å². The van der Waals surface area contributed by atoms with Gasteiger partial charge in [0.25, 0.3) is 11.8 Å². The van der Waals surface area contributed by atoms with E-state index in [0.717, 1.165) is 11.1 Å². The number of methoxy groups -OCH3 is 1. The smallest absolute Gasteiger partial charge is 0.337 e. The zero-order valence-corrected chi connectivity index (χ0v) is 15.7. The Labute approximate surface area is 160 Å². The highest BCUT2D eigenvalue weighted by Crippen LogP contribution is 2.28. The zero-order chi connectivity index (χ0) is 19.7. The second-order valence-electron chi connectivity index (χ2n) is 5.90. The number of nitrogens with zero attached hydrogens (tertiary/aromatic N) is 1. The molecule has 1 aliphatic heterocycles. The molecule has 0 saturated carbocycles. The summed E-state index contributed by atoms with van der Waals surface area (Å²) in [4.78, 5) is 37.1. The zero-order valence-electron chi connectivity index (χ0n) is 14.9. The summed E-state index contributed by atoms with van der Waals surface area (Å²) < 4.78 is 10.5. The molecule has 2 aromatic rings. The van der Waals surface area contributed by atoms with Crippen LogP contribution in [0, 0.1) is 6.92 Å². The van der Waals surface area contributed by atoms with Crippen LogP contribution in [0.5, 0.6) is 0 Å². The van der Waals surface area contributed by atoms with Crippen LogP contribution in [-0.4, -0.2) is 42.0 Å². The molecule has 0 bridgehead atoms. The van der Waals surface area contributed by atoms with Gasteiger partial charge in [-0.3, -0.25) is 19.8 Å². The number of likely N-dealkylation sites (N-methyl/N-ethyl adjacent to an activating group) is 1. The standard InChI is InChI=1S/C19H16N2O5S/c1-10-8-11(18(24)25-3)4-6-13(10)15-7-5-12(26-15)9-14-16(22)20-19(27)21(2)17(14)23/h4-9H,1-3H3,(H,20,22,27)/b14-9-. The van der Waals surface area contributed by atoms with E-state index in [4.69, 9.17) is 21.4 Å². The maximum atomic E-state index is 12.2. The monoisotopic (exact) mass is 384 g/mol. The van der Waals surface area contributed by atoms with Gasteiger partial charge in [0, 0.05) is 12.6 Å². The maximum absolute atomic E-state index is 12.2. The summed E-state index contributed by atoms with van der Waals surface area (Å²) in [5.41, 5.74) is 1.98. The lowest BCUT2D eigenvalue weighted by atomic mass is 10.0. The molecular formula is C19H16N2O5S. The van der Waals surface area contributed by atoms with Gasteiger partial charge in [-0.15, -0.1) is 0 Å².